The smallest absolute Gasteiger partial charge is 0.236 e. The van der Waals surface area contributed by atoms with Crippen molar-refractivity contribution in [1.82, 2.24) is 4.98 Å². The molecule has 7 heteroatoms. The van der Waals surface area contributed by atoms with Crippen LogP contribution >= 0.6 is 23.1 Å². The Balaban J connectivity index is 1.41. The Morgan fingerprint density at radius 3 is 2.82 bits per heavy atom. The lowest BCUT2D eigenvalue weighted by atomic mass is 10.2. The van der Waals surface area contributed by atoms with E-state index in [1.54, 1.807) is 7.11 Å². The SMILES string of the molecule is COc1ccc2oc(-c3csc(NC(=O)CSc4ccc(C)cc4)n3)cc2c1. The molecule has 0 bridgehead atoms. The number of aryl methyl sites for hydroxylation is 1. The highest BCUT2D eigenvalue weighted by molar-refractivity contribution is 8.00. The minimum atomic E-state index is -0.0826. The summed E-state index contributed by atoms with van der Waals surface area (Å²) in [5, 5.41) is 6.23. The molecule has 5 nitrogen and oxygen atoms in total. The van der Waals surface area contributed by atoms with Crippen LogP contribution in [-0.4, -0.2) is 23.8 Å². The number of hydrogen-bond acceptors (Lipinski definition) is 6. The fraction of sp³-hybridized carbons (Fsp3) is 0.143. The van der Waals surface area contributed by atoms with E-state index in [1.165, 1.54) is 28.7 Å². The maximum Gasteiger partial charge on any atom is 0.236 e. The van der Waals surface area contributed by atoms with Gasteiger partial charge < -0.3 is 14.5 Å². The first-order valence-electron chi connectivity index (χ1n) is 8.63. The second-order valence-electron chi connectivity index (χ2n) is 6.20. The van der Waals surface area contributed by atoms with Crippen molar-refractivity contribution in [2.24, 2.45) is 0 Å². The maximum atomic E-state index is 12.2. The summed E-state index contributed by atoms with van der Waals surface area (Å²) in [6.45, 7) is 2.04. The molecular formula is C21H18N2O3S2. The van der Waals surface area contributed by atoms with Crippen LogP contribution in [0.2, 0.25) is 0 Å². The third-order valence-corrected chi connectivity index (χ3v) is 5.89. The van der Waals surface area contributed by atoms with Crippen LogP contribution in [-0.2, 0) is 4.79 Å². The van der Waals surface area contributed by atoms with Gasteiger partial charge in [0.05, 0.1) is 12.9 Å². The van der Waals surface area contributed by atoms with E-state index in [0.717, 1.165) is 21.6 Å². The monoisotopic (exact) mass is 410 g/mol. The van der Waals surface area contributed by atoms with Crippen LogP contribution in [0.1, 0.15) is 5.56 Å². The standard InChI is InChI=1S/C21H18N2O3S2/c1-13-3-6-16(7-4-13)27-12-20(24)23-21-22-17(11-28-21)19-10-14-9-15(25-2)5-8-18(14)26-19/h3-11H,12H2,1-2H3,(H,22,23,24). The Kier molecular flexibility index (Phi) is 5.36. The zero-order valence-electron chi connectivity index (χ0n) is 15.4. The number of hydrogen-bond donors (Lipinski definition) is 1. The van der Waals surface area contributed by atoms with Crippen LogP contribution in [0.25, 0.3) is 22.4 Å². The number of benzene rings is 2. The second-order valence-corrected chi connectivity index (χ2v) is 8.11. The van der Waals surface area contributed by atoms with Crippen molar-refractivity contribution in [2.45, 2.75) is 11.8 Å². The number of fused-ring (bicyclic) bond motifs is 1. The van der Waals surface area contributed by atoms with Gasteiger partial charge in [-0.15, -0.1) is 23.1 Å². The molecule has 0 aliphatic carbocycles. The topological polar surface area (TPSA) is 64.4 Å². The number of thiazole rings is 1. The zero-order chi connectivity index (χ0) is 19.5. The van der Waals surface area contributed by atoms with Gasteiger partial charge in [0.25, 0.3) is 0 Å². The number of rotatable bonds is 6. The quantitative estimate of drug-likeness (QED) is 0.419. The lowest BCUT2D eigenvalue weighted by molar-refractivity contribution is -0.113. The molecule has 0 aliphatic rings. The van der Waals surface area contributed by atoms with Crippen molar-refractivity contribution in [3.8, 4) is 17.2 Å². The van der Waals surface area contributed by atoms with Crippen LogP contribution in [0.3, 0.4) is 0 Å². The molecule has 1 N–H and O–H groups in total. The van der Waals surface area contributed by atoms with E-state index in [2.05, 4.69) is 10.3 Å². The van der Waals surface area contributed by atoms with Crippen LogP contribution in [0.4, 0.5) is 5.13 Å². The molecule has 0 radical (unpaired) electrons. The van der Waals surface area contributed by atoms with E-state index in [0.29, 0.717) is 22.3 Å². The Morgan fingerprint density at radius 2 is 2.04 bits per heavy atom. The Morgan fingerprint density at radius 1 is 1.21 bits per heavy atom. The number of furan rings is 1. The van der Waals surface area contributed by atoms with E-state index in [-0.39, 0.29) is 5.91 Å². The van der Waals surface area contributed by atoms with Gasteiger partial charge in [-0.25, -0.2) is 4.98 Å². The van der Waals surface area contributed by atoms with Crippen LogP contribution in [0.15, 0.2) is 63.2 Å². The van der Waals surface area contributed by atoms with E-state index in [1.807, 2.05) is 60.8 Å². The predicted octanol–water partition coefficient (Wildman–Crippen LogP) is 5.60. The van der Waals surface area contributed by atoms with E-state index >= 15 is 0 Å². The average molecular weight is 411 g/mol. The summed E-state index contributed by atoms with van der Waals surface area (Å²) in [5.41, 5.74) is 2.67. The van der Waals surface area contributed by atoms with Crippen molar-refractivity contribution in [3.05, 3.63) is 59.5 Å². The molecule has 0 saturated carbocycles. The number of carbonyl (C=O) groups excluding carboxylic acids is 1. The summed E-state index contributed by atoms with van der Waals surface area (Å²) in [7, 11) is 1.63. The number of methoxy groups -OCH3 is 1. The molecule has 2 aromatic heterocycles. The first kappa shape index (κ1) is 18.6. The summed E-state index contributed by atoms with van der Waals surface area (Å²) >= 11 is 2.88. The summed E-state index contributed by atoms with van der Waals surface area (Å²) in [6, 6.07) is 15.7. The van der Waals surface area contributed by atoms with Gasteiger partial charge in [-0.3, -0.25) is 4.79 Å². The lowest BCUT2D eigenvalue weighted by Crippen LogP contribution is -2.13. The molecule has 28 heavy (non-hydrogen) atoms. The predicted molar refractivity (Wildman–Crippen MR) is 114 cm³/mol. The van der Waals surface area contributed by atoms with Gasteiger partial charge in [-0.2, -0.15) is 0 Å². The molecule has 4 aromatic rings. The van der Waals surface area contributed by atoms with Crippen molar-refractivity contribution >= 4 is 45.1 Å². The number of carbonyl (C=O) groups is 1. The number of ether oxygens (including phenoxy) is 1. The van der Waals surface area contributed by atoms with Gasteiger partial charge in [-0.05, 0) is 43.3 Å². The molecule has 0 saturated heterocycles. The largest absolute Gasteiger partial charge is 0.497 e. The molecule has 0 fully saturated rings. The number of nitrogens with one attached hydrogen (secondary N) is 1. The number of nitrogens with zero attached hydrogens (tertiary/aromatic N) is 1. The number of thioether (sulfide) groups is 1. The zero-order valence-corrected chi connectivity index (χ0v) is 17.0. The molecule has 0 unspecified atom stereocenters. The maximum absolute atomic E-state index is 12.2. The third-order valence-electron chi connectivity index (χ3n) is 4.12. The Bertz CT molecular complexity index is 1120. The third kappa shape index (κ3) is 4.21. The van der Waals surface area contributed by atoms with Gasteiger partial charge in [-0.1, -0.05) is 17.7 Å². The summed E-state index contributed by atoms with van der Waals surface area (Å²) < 4.78 is 11.1. The number of amides is 1. The van der Waals surface area contributed by atoms with Crippen molar-refractivity contribution < 1.29 is 13.9 Å². The first-order chi connectivity index (χ1) is 13.6. The van der Waals surface area contributed by atoms with Gasteiger partial charge in [0.1, 0.15) is 17.0 Å². The normalized spacial score (nSPS) is 10.9. The molecule has 0 atom stereocenters. The Hall–Kier alpha value is -2.77. The van der Waals surface area contributed by atoms with Crippen molar-refractivity contribution in [2.75, 3.05) is 18.2 Å². The molecule has 2 heterocycles. The number of aromatic nitrogens is 1. The highest BCUT2D eigenvalue weighted by atomic mass is 32.2. The molecular weight excluding hydrogens is 392 g/mol. The van der Waals surface area contributed by atoms with Gasteiger partial charge in [0.15, 0.2) is 10.9 Å². The van der Waals surface area contributed by atoms with Gasteiger partial charge >= 0.3 is 0 Å². The van der Waals surface area contributed by atoms with E-state index in [4.69, 9.17) is 9.15 Å². The highest BCUT2D eigenvalue weighted by Crippen LogP contribution is 2.32. The first-order valence-corrected chi connectivity index (χ1v) is 10.5. The lowest BCUT2D eigenvalue weighted by Gasteiger charge is -2.02. The van der Waals surface area contributed by atoms with E-state index in [9.17, 15) is 4.79 Å². The summed E-state index contributed by atoms with van der Waals surface area (Å²) in [5.74, 6) is 1.69. The van der Waals surface area contributed by atoms with Crippen LogP contribution < -0.4 is 10.1 Å². The second kappa shape index (κ2) is 8.08. The van der Waals surface area contributed by atoms with Crippen molar-refractivity contribution in [1.29, 1.82) is 0 Å². The Labute approximate surface area is 170 Å². The molecule has 4 rings (SSSR count). The van der Waals surface area contributed by atoms with Gasteiger partial charge in [0.2, 0.25) is 5.91 Å². The van der Waals surface area contributed by atoms with Crippen LogP contribution in [0, 0.1) is 6.92 Å². The van der Waals surface area contributed by atoms with Gasteiger partial charge in [0, 0.05) is 15.7 Å². The molecule has 0 spiro atoms. The average Bonchev–Trinajstić information content (AvgIpc) is 3.33. The minimum Gasteiger partial charge on any atom is -0.497 e. The molecule has 142 valence electrons. The van der Waals surface area contributed by atoms with E-state index < -0.39 is 0 Å². The fourth-order valence-electron chi connectivity index (χ4n) is 2.66. The van der Waals surface area contributed by atoms with Crippen molar-refractivity contribution in [3.63, 3.8) is 0 Å². The molecule has 1 amide bonds. The molecule has 2 aromatic carbocycles. The minimum absolute atomic E-state index is 0.0826. The summed E-state index contributed by atoms with van der Waals surface area (Å²) in [4.78, 5) is 17.8. The summed E-state index contributed by atoms with van der Waals surface area (Å²) in [6.07, 6.45) is 0. The van der Waals surface area contributed by atoms with Crippen LogP contribution in [0.5, 0.6) is 5.75 Å². The fourth-order valence-corrected chi connectivity index (χ4v) is 4.07. The highest BCUT2D eigenvalue weighted by Gasteiger charge is 2.12. The number of anilines is 1. The molecule has 0 aliphatic heterocycles.